The molecule has 0 rings (SSSR count). The fourth-order valence-electron chi connectivity index (χ4n) is 4.96. The van der Waals surface area contributed by atoms with Crippen LogP contribution in [0.3, 0.4) is 0 Å². The van der Waals surface area contributed by atoms with E-state index in [1.807, 2.05) is 0 Å². The number of unbranched alkanes of at least 4 members (excludes halogenated alkanes) is 20. The molecule has 0 aromatic rings. The van der Waals surface area contributed by atoms with E-state index >= 15 is 0 Å². The SMILES string of the molecule is CCCCCCCCCCCCCOC(=O)C(CCCCCCCCCCCCC)(CC(=O)[O-])S(=O)(=O)O.[Na+]. The third kappa shape index (κ3) is 21.2. The average Bonchev–Trinajstić information content (AvgIpc) is 2.86. The van der Waals surface area contributed by atoms with E-state index in [-0.39, 0.29) is 42.6 Å². The summed E-state index contributed by atoms with van der Waals surface area (Å²) in [6, 6.07) is 0. The molecule has 0 spiro atoms. The summed E-state index contributed by atoms with van der Waals surface area (Å²) >= 11 is 0. The van der Waals surface area contributed by atoms with Crippen LogP contribution in [-0.2, 0) is 24.4 Å². The van der Waals surface area contributed by atoms with Gasteiger partial charge in [0.15, 0.2) is 4.75 Å². The molecule has 0 aliphatic heterocycles. The predicted octanol–water partition coefficient (Wildman–Crippen LogP) is 4.31. The molecule has 0 aromatic heterocycles. The Labute approximate surface area is 262 Å². The zero-order chi connectivity index (χ0) is 28.5. The van der Waals surface area contributed by atoms with E-state index in [0.717, 1.165) is 38.5 Å². The monoisotopic (exact) mass is 584 g/mol. The van der Waals surface area contributed by atoms with E-state index in [4.69, 9.17) is 4.74 Å². The predicted molar refractivity (Wildman–Crippen MR) is 152 cm³/mol. The Hall–Kier alpha value is -0.150. The quantitative estimate of drug-likeness (QED) is 0.0630. The van der Waals surface area contributed by atoms with Gasteiger partial charge in [-0.2, -0.15) is 8.42 Å². The molecule has 1 atom stereocenters. The van der Waals surface area contributed by atoms with Crippen LogP contribution in [0.2, 0.25) is 0 Å². The van der Waals surface area contributed by atoms with Crippen molar-refractivity contribution in [1.82, 2.24) is 0 Å². The Kier molecular flexibility index (Phi) is 28.1. The van der Waals surface area contributed by atoms with Crippen LogP contribution >= 0.6 is 0 Å². The molecule has 7 nitrogen and oxygen atoms in total. The molecular weight excluding hydrogens is 527 g/mol. The summed E-state index contributed by atoms with van der Waals surface area (Å²) in [6.07, 6.45) is 22.4. The summed E-state index contributed by atoms with van der Waals surface area (Å²) in [5.74, 6) is -2.87. The van der Waals surface area contributed by atoms with E-state index in [0.29, 0.717) is 19.3 Å². The fraction of sp³-hybridized carbons (Fsp3) is 0.933. The van der Waals surface area contributed by atoms with Gasteiger partial charge < -0.3 is 14.6 Å². The number of carbonyl (C=O) groups is 2. The molecule has 0 aromatic carbocycles. The zero-order valence-electron chi connectivity index (χ0n) is 25.5. The standard InChI is InChI=1S/C30H58O7S.Na/c1-3-5-7-9-11-13-15-17-19-21-23-25-30(27-28(31)32,38(34,35)36)29(33)37-26-24-22-20-18-16-14-12-10-8-6-4-2;/h3-27H2,1-2H3,(H,31,32)(H,34,35,36);/q;+1/p-1. The Morgan fingerprint density at radius 3 is 1.31 bits per heavy atom. The fourth-order valence-corrected chi connectivity index (χ4v) is 5.93. The number of ether oxygens (including phenoxy) is 1. The third-order valence-electron chi connectivity index (χ3n) is 7.46. The second-order valence-corrected chi connectivity index (χ2v) is 12.7. The van der Waals surface area contributed by atoms with Gasteiger partial charge in [-0.1, -0.05) is 149 Å². The zero-order valence-corrected chi connectivity index (χ0v) is 28.3. The van der Waals surface area contributed by atoms with Crippen molar-refractivity contribution in [3.63, 3.8) is 0 Å². The van der Waals surface area contributed by atoms with Gasteiger partial charge in [0.05, 0.1) is 6.61 Å². The number of carboxylic acid groups (broad SMARTS) is 1. The minimum atomic E-state index is -5.00. The van der Waals surface area contributed by atoms with E-state index in [2.05, 4.69) is 13.8 Å². The van der Waals surface area contributed by atoms with Gasteiger partial charge in [-0.25, -0.2) is 0 Å². The molecule has 0 bridgehead atoms. The molecule has 0 fully saturated rings. The van der Waals surface area contributed by atoms with E-state index in [9.17, 15) is 27.7 Å². The van der Waals surface area contributed by atoms with Gasteiger partial charge >= 0.3 is 35.5 Å². The molecule has 0 amide bonds. The molecular formula is C30H57NaO7S. The van der Waals surface area contributed by atoms with Gasteiger partial charge in [0.2, 0.25) is 0 Å². The van der Waals surface area contributed by atoms with Crippen molar-refractivity contribution in [1.29, 1.82) is 0 Å². The Bertz CT molecular complexity index is 699. The number of rotatable bonds is 28. The molecule has 0 aliphatic rings. The first-order chi connectivity index (χ1) is 18.2. The smallest absolute Gasteiger partial charge is 0.550 e. The van der Waals surface area contributed by atoms with E-state index in [1.165, 1.54) is 83.5 Å². The maximum absolute atomic E-state index is 12.8. The van der Waals surface area contributed by atoms with Gasteiger partial charge in [0.25, 0.3) is 10.1 Å². The molecule has 0 saturated carbocycles. The Morgan fingerprint density at radius 2 is 0.974 bits per heavy atom. The van der Waals surface area contributed by atoms with E-state index < -0.39 is 33.2 Å². The van der Waals surface area contributed by atoms with Crippen LogP contribution in [0.1, 0.15) is 168 Å². The molecule has 0 heterocycles. The second kappa shape index (κ2) is 26.7. The molecule has 9 heteroatoms. The Morgan fingerprint density at radius 1 is 0.641 bits per heavy atom. The number of hydrogen-bond donors (Lipinski definition) is 1. The number of hydrogen-bond acceptors (Lipinski definition) is 6. The minimum absolute atomic E-state index is 0. The largest absolute Gasteiger partial charge is 1.00 e. The van der Waals surface area contributed by atoms with Crippen molar-refractivity contribution in [2.75, 3.05) is 6.61 Å². The first kappa shape index (κ1) is 41.0. The maximum atomic E-state index is 12.8. The molecule has 1 unspecified atom stereocenters. The van der Waals surface area contributed by atoms with Crippen LogP contribution < -0.4 is 34.7 Å². The van der Waals surface area contributed by atoms with Gasteiger partial charge in [0, 0.05) is 12.4 Å². The van der Waals surface area contributed by atoms with Crippen molar-refractivity contribution in [2.45, 2.75) is 173 Å². The van der Waals surface area contributed by atoms with Crippen LogP contribution in [0.15, 0.2) is 0 Å². The van der Waals surface area contributed by atoms with Crippen LogP contribution in [0, 0.1) is 0 Å². The summed E-state index contributed by atoms with van der Waals surface area (Å²) in [4.78, 5) is 24.1. The molecule has 0 radical (unpaired) electrons. The van der Waals surface area contributed by atoms with Gasteiger partial charge in [0.1, 0.15) is 0 Å². The number of esters is 1. The van der Waals surface area contributed by atoms with E-state index in [1.54, 1.807) is 0 Å². The van der Waals surface area contributed by atoms with Crippen molar-refractivity contribution in [3.8, 4) is 0 Å². The van der Waals surface area contributed by atoms with Crippen LogP contribution in [0.25, 0.3) is 0 Å². The summed E-state index contributed by atoms with van der Waals surface area (Å²) in [5.41, 5.74) is 0. The van der Waals surface area contributed by atoms with Gasteiger partial charge in [-0.3, -0.25) is 9.35 Å². The first-order valence-electron chi connectivity index (χ1n) is 15.6. The molecule has 226 valence electrons. The van der Waals surface area contributed by atoms with Crippen molar-refractivity contribution >= 4 is 22.1 Å². The van der Waals surface area contributed by atoms with Gasteiger partial charge in [-0.05, 0) is 12.8 Å². The number of aliphatic carboxylic acids is 1. The van der Waals surface area contributed by atoms with Crippen LogP contribution in [0.5, 0.6) is 0 Å². The number of carboxylic acids is 1. The minimum Gasteiger partial charge on any atom is -0.550 e. The molecule has 0 saturated heterocycles. The topological polar surface area (TPSA) is 121 Å². The number of carbonyl (C=O) groups excluding carboxylic acids is 2. The summed E-state index contributed by atoms with van der Waals surface area (Å²) in [7, 11) is -5.00. The van der Waals surface area contributed by atoms with Crippen LogP contribution in [-0.4, -0.2) is 36.3 Å². The summed E-state index contributed by atoms with van der Waals surface area (Å²) in [6.45, 7) is 4.42. The summed E-state index contributed by atoms with van der Waals surface area (Å²) < 4.78 is 37.0. The summed E-state index contributed by atoms with van der Waals surface area (Å²) in [5, 5.41) is 11.3. The maximum Gasteiger partial charge on any atom is 1.00 e. The average molecular weight is 585 g/mol. The normalized spacial score (nSPS) is 13.0. The molecule has 39 heavy (non-hydrogen) atoms. The third-order valence-corrected chi connectivity index (χ3v) is 8.96. The second-order valence-electron chi connectivity index (χ2n) is 11.0. The molecule has 1 N–H and O–H groups in total. The van der Waals surface area contributed by atoms with Crippen molar-refractivity contribution in [3.05, 3.63) is 0 Å². The first-order valence-corrected chi connectivity index (χ1v) is 17.0. The van der Waals surface area contributed by atoms with Gasteiger partial charge in [-0.15, -0.1) is 0 Å². The van der Waals surface area contributed by atoms with Crippen LogP contribution in [0.4, 0.5) is 0 Å². The van der Waals surface area contributed by atoms with Crippen molar-refractivity contribution in [2.24, 2.45) is 0 Å². The van der Waals surface area contributed by atoms with Crippen molar-refractivity contribution < 1.29 is 62.0 Å². The Balaban J connectivity index is 0. The molecule has 0 aliphatic carbocycles.